The number of sulfonamides is 1. The van der Waals surface area contributed by atoms with Gasteiger partial charge < -0.3 is 5.32 Å². The lowest BCUT2D eigenvalue weighted by Gasteiger charge is -2.32. The number of hydrogen-bond acceptors (Lipinski definition) is 3. The summed E-state index contributed by atoms with van der Waals surface area (Å²) >= 11 is 0. The first-order chi connectivity index (χ1) is 9.14. The maximum absolute atomic E-state index is 12.7. The van der Waals surface area contributed by atoms with Crippen molar-refractivity contribution >= 4 is 10.0 Å². The average Bonchev–Trinajstić information content (AvgIpc) is 2.46. The lowest BCUT2D eigenvalue weighted by Crippen LogP contribution is -2.44. The summed E-state index contributed by atoms with van der Waals surface area (Å²) in [5, 5.41) is 3.26. The lowest BCUT2D eigenvalue weighted by molar-refractivity contribution is 0.293. The van der Waals surface area contributed by atoms with E-state index in [2.05, 4.69) is 5.32 Å². The first-order valence-corrected chi connectivity index (χ1v) is 9.34. The van der Waals surface area contributed by atoms with E-state index >= 15 is 0 Å². The number of piperidine rings is 1. The molecule has 19 heavy (non-hydrogen) atoms. The van der Waals surface area contributed by atoms with Crippen LogP contribution in [0.15, 0.2) is 0 Å². The lowest BCUT2D eigenvalue weighted by atomic mass is 10.00. The number of nitrogens with zero attached hydrogens (tertiary/aromatic N) is 1. The van der Waals surface area contributed by atoms with Crippen LogP contribution in [0.2, 0.25) is 0 Å². The molecule has 4 nitrogen and oxygen atoms in total. The van der Waals surface area contributed by atoms with Gasteiger partial charge in [0, 0.05) is 13.1 Å². The van der Waals surface area contributed by atoms with Gasteiger partial charge in [0.15, 0.2) is 0 Å². The molecule has 1 saturated carbocycles. The summed E-state index contributed by atoms with van der Waals surface area (Å²) in [7, 11) is -3.07. The zero-order chi connectivity index (χ0) is 13.7. The fourth-order valence-corrected chi connectivity index (χ4v) is 5.48. The predicted molar refractivity (Wildman–Crippen MR) is 78.6 cm³/mol. The van der Waals surface area contributed by atoms with Crippen LogP contribution in [0.25, 0.3) is 0 Å². The zero-order valence-corrected chi connectivity index (χ0v) is 12.9. The fraction of sp³-hybridized carbons (Fsp3) is 1.00. The third-order valence-electron chi connectivity index (χ3n) is 4.55. The van der Waals surface area contributed by atoms with Crippen molar-refractivity contribution in [3.8, 4) is 0 Å². The first-order valence-electron chi connectivity index (χ1n) is 7.84. The van der Waals surface area contributed by atoms with E-state index in [1.54, 1.807) is 4.31 Å². The molecule has 5 heteroatoms. The molecule has 0 amide bonds. The van der Waals surface area contributed by atoms with Crippen molar-refractivity contribution in [2.45, 2.75) is 57.1 Å². The second-order valence-corrected chi connectivity index (χ2v) is 8.18. The van der Waals surface area contributed by atoms with Crippen LogP contribution >= 0.6 is 0 Å². The van der Waals surface area contributed by atoms with Crippen molar-refractivity contribution in [1.29, 1.82) is 0 Å². The smallest absolute Gasteiger partial charge is 0.216 e. The Morgan fingerprint density at radius 3 is 2.42 bits per heavy atom. The summed E-state index contributed by atoms with van der Waals surface area (Å²) in [6.45, 7) is 5.35. The highest BCUT2D eigenvalue weighted by Crippen LogP contribution is 2.27. The van der Waals surface area contributed by atoms with Crippen molar-refractivity contribution in [2.75, 3.05) is 26.2 Å². The summed E-state index contributed by atoms with van der Waals surface area (Å²) in [4.78, 5) is 0. The van der Waals surface area contributed by atoms with Crippen molar-refractivity contribution in [1.82, 2.24) is 9.62 Å². The molecule has 2 fully saturated rings. The second kappa shape index (κ2) is 7.04. The van der Waals surface area contributed by atoms with Crippen LogP contribution in [0.1, 0.15) is 51.9 Å². The molecule has 112 valence electrons. The molecule has 1 saturated heterocycles. The van der Waals surface area contributed by atoms with Gasteiger partial charge in [0.1, 0.15) is 0 Å². The Hall–Kier alpha value is -0.130. The van der Waals surface area contributed by atoms with Crippen LogP contribution in [0.4, 0.5) is 0 Å². The van der Waals surface area contributed by atoms with Gasteiger partial charge in [-0.2, -0.15) is 0 Å². The molecule has 1 atom stereocenters. The van der Waals surface area contributed by atoms with Crippen molar-refractivity contribution < 1.29 is 8.42 Å². The van der Waals surface area contributed by atoms with Crippen molar-refractivity contribution in [3.05, 3.63) is 0 Å². The monoisotopic (exact) mass is 288 g/mol. The highest BCUT2D eigenvalue weighted by atomic mass is 32.2. The SMILES string of the molecule is CCN(CC1CCCNC1)S(=O)(=O)C1CCCCC1. The van der Waals surface area contributed by atoms with Crippen LogP contribution in [-0.2, 0) is 10.0 Å². The van der Waals surface area contributed by atoms with Gasteiger partial charge in [-0.3, -0.25) is 0 Å². The molecule has 1 aliphatic carbocycles. The molecule has 0 bridgehead atoms. The molecule has 1 aliphatic heterocycles. The maximum Gasteiger partial charge on any atom is 0.216 e. The number of hydrogen-bond donors (Lipinski definition) is 1. The Morgan fingerprint density at radius 2 is 1.84 bits per heavy atom. The van der Waals surface area contributed by atoms with Crippen LogP contribution in [-0.4, -0.2) is 44.2 Å². The van der Waals surface area contributed by atoms with Crippen LogP contribution in [0.3, 0.4) is 0 Å². The summed E-state index contributed by atoms with van der Waals surface area (Å²) in [6, 6.07) is 0. The summed E-state index contributed by atoms with van der Waals surface area (Å²) in [5.74, 6) is 0.493. The molecule has 2 rings (SSSR count). The van der Waals surface area contributed by atoms with E-state index in [9.17, 15) is 8.42 Å². The largest absolute Gasteiger partial charge is 0.316 e. The van der Waals surface area contributed by atoms with E-state index in [1.165, 1.54) is 12.8 Å². The number of rotatable bonds is 5. The van der Waals surface area contributed by atoms with Crippen LogP contribution in [0.5, 0.6) is 0 Å². The molecule has 1 unspecified atom stereocenters. The van der Waals surface area contributed by atoms with E-state index < -0.39 is 10.0 Å². The van der Waals surface area contributed by atoms with Crippen LogP contribution < -0.4 is 5.32 Å². The predicted octanol–water partition coefficient (Wildman–Crippen LogP) is 1.97. The average molecular weight is 288 g/mol. The Bertz CT molecular complexity index is 358. The van der Waals surface area contributed by atoms with E-state index in [1.807, 2.05) is 6.92 Å². The van der Waals surface area contributed by atoms with Gasteiger partial charge in [-0.1, -0.05) is 26.2 Å². The van der Waals surface area contributed by atoms with E-state index in [-0.39, 0.29) is 5.25 Å². The summed E-state index contributed by atoms with van der Waals surface area (Å²) in [6.07, 6.45) is 7.41. The minimum Gasteiger partial charge on any atom is -0.316 e. The van der Waals surface area contributed by atoms with E-state index in [0.717, 1.165) is 45.2 Å². The van der Waals surface area contributed by atoms with Gasteiger partial charge >= 0.3 is 0 Å². The minimum atomic E-state index is -3.07. The molecule has 0 aromatic heterocycles. The third-order valence-corrected chi connectivity index (χ3v) is 6.99. The molecule has 2 aliphatic rings. The minimum absolute atomic E-state index is 0.113. The van der Waals surface area contributed by atoms with E-state index in [4.69, 9.17) is 0 Å². The molecule has 1 heterocycles. The van der Waals surface area contributed by atoms with E-state index in [0.29, 0.717) is 19.0 Å². The standard InChI is InChI=1S/C14H28N2O2S/c1-2-16(12-13-7-6-10-15-11-13)19(17,18)14-8-4-3-5-9-14/h13-15H,2-12H2,1H3. The maximum atomic E-state index is 12.7. The van der Waals surface area contributed by atoms with Gasteiger partial charge in [-0.15, -0.1) is 0 Å². The van der Waals surface area contributed by atoms with Gasteiger partial charge in [0.25, 0.3) is 0 Å². The molecule has 0 aromatic rings. The molecular weight excluding hydrogens is 260 g/mol. The fourth-order valence-electron chi connectivity index (χ4n) is 3.35. The summed E-state index contributed by atoms with van der Waals surface area (Å²) in [5.41, 5.74) is 0. The molecule has 0 aromatic carbocycles. The number of nitrogens with one attached hydrogen (secondary N) is 1. The zero-order valence-electron chi connectivity index (χ0n) is 12.1. The van der Waals surface area contributed by atoms with Crippen molar-refractivity contribution in [2.24, 2.45) is 5.92 Å². The highest BCUT2D eigenvalue weighted by molar-refractivity contribution is 7.89. The second-order valence-electron chi connectivity index (χ2n) is 5.97. The molecular formula is C14H28N2O2S. The summed E-state index contributed by atoms with van der Waals surface area (Å²) < 4.78 is 27.1. The Kier molecular flexibility index (Phi) is 5.66. The third kappa shape index (κ3) is 3.92. The highest BCUT2D eigenvalue weighted by Gasteiger charge is 2.33. The quantitative estimate of drug-likeness (QED) is 0.841. The first kappa shape index (κ1) is 15.3. The Morgan fingerprint density at radius 1 is 1.11 bits per heavy atom. The van der Waals surface area contributed by atoms with Gasteiger partial charge in [0.2, 0.25) is 10.0 Å². The molecule has 0 spiro atoms. The van der Waals surface area contributed by atoms with Crippen molar-refractivity contribution in [3.63, 3.8) is 0 Å². The van der Waals surface area contributed by atoms with Crippen LogP contribution in [0, 0.1) is 5.92 Å². The normalized spacial score (nSPS) is 26.7. The Labute approximate surface area is 118 Å². The topological polar surface area (TPSA) is 49.4 Å². The Balaban J connectivity index is 1.98. The molecule has 1 N–H and O–H groups in total. The van der Waals surface area contributed by atoms with Gasteiger partial charge in [0.05, 0.1) is 5.25 Å². The molecule has 0 radical (unpaired) electrons. The van der Waals surface area contributed by atoms with Gasteiger partial charge in [-0.25, -0.2) is 12.7 Å². The van der Waals surface area contributed by atoms with Gasteiger partial charge in [-0.05, 0) is 44.7 Å².